The summed E-state index contributed by atoms with van der Waals surface area (Å²) in [7, 11) is 2.02. The van der Waals surface area contributed by atoms with E-state index >= 15 is 0 Å². The lowest BCUT2D eigenvalue weighted by Gasteiger charge is -2.35. The van der Waals surface area contributed by atoms with Crippen LogP contribution in [-0.4, -0.2) is 64.9 Å². The van der Waals surface area contributed by atoms with Gasteiger partial charge < -0.3 is 14.8 Å². The number of pyridine rings is 1. The van der Waals surface area contributed by atoms with E-state index < -0.39 is 0 Å². The summed E-state index contributed by atoms with van der Waals surface area (Å²) in [5.41, 5.74) is 3.27. The molecule has 1 aliphatic carbocycles. The fourth-order valence-electron chi connectivity index (χ4n) is 3.37. The molecule has 1 aliphatic heterocycles. The van der Waals surface area contributed by atoms with Crippen LogP contribution in [0.1, 0.15) is 38.7 Å². The van der Waals surface area contributed by atoms with Gasteiger partial charge in [-0.2, -0.15) is 0 Å². The largest absolute Gasteiger partial charge is 0.375 e. The number of halogens is 2. The molecule has 7 nitrogen and oxygen atoms in total. The molecule has 0 spiro atoms. The highest BCUT2D eigenvalue weighted by molar-refractivity contribution is 6.33. The van der Waals surface area contributed by atoms with E-state index in [1.165, 1.54) is 0 Å². The van der Waals surface area contributed by atoms with Crippen LogP contribution in [0.5, 0.6) is 0 Å². The number of nitrogens with one attached hydrogen (secondary N) is 1. The van der Waals surface area contributed by atoms with Crippen LogP contribution < -0.4 is 0 Å². The Morgan fingerprint density at radius 2 is 1.91 bits per heavy atom. The summed E-state index contributed by atoms with van der Waals surface area (Å²) in [6, 6.07) is 0. The van der Waals surface area contributed by atoms with Crippen molar-refractivity contribution >= 4 is 41.0 Å². The number of aldehydes is 2. The molecule has 0 atom stereocenters. The second-order valence-corrected chi connectivity index (χ2v) is 7.96. The van der Waals surface area contributed by atoms with Crippen molar-refractivity contribution in [3.05, 3.63) is 65.0 Å². The first-order valence-electron chi connectivity index (χ1n) is 11.5. The zero-order valence-corrected chi connectivity index (χ0v) is 21.6. The van der Waals surface area contributed by atoms with Crippen molar-refractivity contribution in [1.29, 1.82) is 0 Å². The number of allylic oxidation sites excluding steroid dienone is 2. The Morgan fingerprint density at radius 3 is 2.51 bits per heavy atom. The lowest BCUT2D eigenvalue weighted by atomic mass is 10.1. The Bertz CT molecular complexity index is 1070. The summed E-state index contributed by atoms with van der Waals surface area (Å²) < 4.78 is 13.1. The third kappa shape index (κ3) is 8.79. The van der Waals surface area contributed by atoms with Crippen molar-refractivity contribution in [2.45, 2.75) is 40.0 Å². The van der Waals surface area contributed by atoms with Gasteiger partial charge in [0.25, 0.3) is 5.91 Å². The molecule has 4 rings (SSSR count). The summed E-state index contributed by atoms with van der Waals surface area (Å²) in [5.74, 6) is -0.189. The summed E-state index contributed by atoms with van der Waals surface area (Å²) in [5, 5.41) is 0.828. The first-order chi connectivity index (χ1) is 16.8. The topological polar surface area (TPSA) is 86.4 Å². The lowest BCUT2D eigenvalue weighted by molar-refractivity contribution is -0.127. The van der Waals surface area contributed by atoms with Crippen molar-refractivity contribution in [3.63, 3.8) is 0 Å². The molecule has 1 saturated heterocycles. The molecule has 3 heterocycles. The van der Waals surface area contributed by atoms with Gasteiger partial charge in [-0.1, -0.05) is 50.3 Å². The SMILES string of the molecule is C=C1CN(C(=O)C2=CCCCC=C2)CCN1C.CC.Cc1c[nH]c2c(Cl)ncc(F)c12.O=CC=O. The molecule has 1 fully saturated rings. The number of aryl methyl sites for hydroxylation is 1. The van der Waals surface area contributed by atoms with Gasteiger partial charge in [0.2, 0.25) is 0 Å². The summed E-state index contributed by atoms with van der Waals surface area (Å²) in [6.45, 7) is 12.1. The molecule has 9 heteroatoms. The molecule has 0 radical (unpaired) electrons. The highest BCUT2D eigenvalue weighted by atomic mass is 35.5. The number of H-pyrrole nitrogens is 1. The normalized spacial score (nSPS) is 14.8. The Hall–Kier alpha value is -3.26. The van der Waals surface area contributed by atoms with Gasteiger partial charge in [0, 0.05) is 43.0 Å². The third-order valence-corrected chi connectivity index (χ3v) is 5.55. The van der Waals surface area contributed by atoms with E-state index in [2.05, 4.69) is 33.6 Å². The fourth-order valence-corrected chi connectivity index (χ4v) is 3.57. The highest BCUT2D eigenvalue weighted by Crippen LogP contribution is 2.25. The van der Waals surface area contributed by atoms with Gasteiger partial charge in [-0.05, 0) is 31.7 Å². The number of aromatic nitrogens is 2. The maximum Gasteiger partial charge on any atom is 0.253 e. The van der Waals surface area contributed by atoms with Crippen molar-refractivity contribution in [2.24, 2.45) is 0 Å². The number of hydrogen-bond donors (Lipinski definition) is 1. The van der Waals surface area contributed by atoms with E-state index in [4.69, 9.17) is 21.2 Å². The first kappa shape index (κ1) is 29.8. The first-order valence-corrected chi connectivity index (χ1v) is 11.9. The number of nitrogens with zero attached hydrogens (tertiary/aromatic N) is 3. The van der Waals surface area contributed by atoms with Crippen molar-refractivity contribution < 1.29 is 18.8 Å². The standard InChI is InChI=1S/C14H20N2O.C8H6ClFN2.C2H2O2.C2H6/c1-12-11-16(10-9-15(12)2)14(17)13-7-5-3-4-6-8-13;1-4-2-11-7-6(4)5(10)3-12-8(7)9;3-1-2-4;1-2/h5,7-8H,1,3-4,6,9-11H2,2H3;2-3,11H,1H3;1-2H;1-2H3. The second-order valence-electron chi connectivity index (χ2n) is 7.60. The van der Waals surface area contributed by atoms with E-state index in [0.717, 1.165) is 55.4 Å². The van der Waals surface area contributed by atoms with E-state index in [-0.39, 0.29) is 24.3 Å². The molecular weight excluding hydrogens is 471 g/mol. The van der Waals surface area contributed by atoms with Crippen molar-refractivity contribution in [3.8, 4) is 0 Å². The molecule has 2 aromatic heterocycles. The van der Waals surface area contributed by atoms with Crippen LogP contribution in [0.3, 0.4) is 0 Å². The predicted molar refractivity (Wildman–Crippen MR) is 139 cm³/mol. The molecule has 1 N–H and O–H groups in total. The van der Waals surface area contributed by atoms with Crippen LogP contribution in [0.25, 0.3) is 10.9 Å². The average molecular weight is 505 g/mol. The zero-order chi connectivity index (χ0) is 26.4. The molecule has 1 amide bonds. The Labute approximate surface area is 211 Å². The number of aromatic amines is 1. The van der Waals surface area contributed by atoms with E-state index in [1.807, 2.05) is 38.8 Å². The average Bonchev–Trinajstić information content (AvgIpc) is 3.08. The molecule has 0 bridgehead atoms. The van der Waals surface area contributed by atoms with E-state index in [1.54, 1.807) is 6.20 Å². The van der Waals surface area contributed by atoms with Gasteiger partial charge >= 0.3 is 0 Å². The van der Waals surface area contributed by atoms with Crippen LogP contribution in [0.15, 0.2) is 48.5 Å². The van der Waals surface area contributed by atoms with Crippen LogP contribution in [0.2, 0.25) is 5.15 Å². The van der Waals surface area contributed by atoms with Crippen LogP contribution >= 0.6 is 11.6 Å². The number of fused-ring (bicyclic) bond motifs is 1. The van der Waals surface area contributed by atoms with Crippen molar-refractivity contribution in [2.75, 3.05) is 26.7 Å². The number of carbonyl (C=O) groups excluding carboxylic acids is 3. The quantitative estimate of drug-likeness (QED) is 0.353. The minimum absolute atomic E-state index is 0.150. The van der Waals surface area contributed by atoms with E-state index in [9.17, 15) is 9.18 Å². The van der Waals surface area contributed by atoms with Gasteiger partial charge in [0.05, 0.1) is 18.3 Å². The number of carbonyl (C=O) groups is 3. The molecule has 0 unspecified atom stereocenters. The number of piperazine rings is 1. The third-order valence-electron chi connectivity index (χ3n) is 5.26. The van der Waals surface area contributed by atoms with Gasteiger partial charge in [0.1, 0.15) is 0 Å². The summed E-state index contributed by atoms with van der Waals surface area (Å²) in [6.07, 6.45) is 12.6. The minimum Gasteiger partial charge on any atom is -0.375 e. The second kappa shape index (κ2) is 15.6. The molecule has 2 aromatic rings. The number of amides is 1. The maximum absolute atomic E-state index is 13.1. The van der Waals surface area contributed by atoms with Gasteiger partial charge in [-0.15, -0.1) is 0 Å². The number of likely N-dealkylation sites (N-methyl/N-ethyl adjacent to an activating group) is 1. The molecule has 35 heavy (non-hydrogen) atoms. The highest BCUT2D eigenvalue weighted by Gasteiger charge is 2.22. The Balaban J connectivity index is 0.000000296. The van der Waals surface area contributed by atoms with Crippen LogP contribution in [0, 0.1) is 12.7 Å². The van der Waals surface area contributed by atoms with Gasteiger partial charge in [-0.25, -0.2) is 9.37 Å². The maximum atomic E-state index is 13.1. The lowest BCUT2D eigenvalue weighted by Crippen LogP contribution is -2.45. The number of rotatable bonds is 2. The molecular formula is C26H34ClFN4O3. The molecule has 0 saturated carbocycles. The summed E-state index contributed by atoms with van der Waals surface area (Å²) >= 11 is 5.73. The van der Waals surface area contributed by atoms with E-state index in [0.29, 0.717) is 22.6 Å². The Kier molecular flexibility index (Phi) is 13.3. The zero-order valence-electron chi connectivity index (χ0n) is 20.8. The smallest absolute Gasteiger partial charge is 0.253 e. The van der Waals surface area contributed by atoms with Crippen molar-refractivity contribution in [1.82, 2.24) is 19.8 Å². The number of hydrogen-bond acceptors (Lipinski definition) is 5. The summed E-state index contributed by atoms with van der Waals surface area (Å²) in [4.78, 5) is 40.5. The fraction of sp³-hybridized carbons (Fsp3) is 0.385. The molecule has 0 aromatic carbocycles. The van der Waals surface area contributed by atoms with Crippen LogP contribution in [-0.2, 0) is 14.4 Å². The van der Waals surface area contributed by atoms with Crippen LogP contribution in [0.4, 0.5) is 4.39 Å². The predicted octanol–water partition coefficient (Wildman–Crippen LogP) is 5.01. The van der Waals surface area contributed by atoms with Gasteiger partial charge in [0.15, 0.2) is 23.5 Å². The molecule has 2 aliphatic rings. The van der Waals surface area contributed by atoms with Gasteiger partial charge in [-0.3, -0.25) is 14.4 Å². The molecule has 190 valence electrons. The minimum atomic E-state index is -0.340. The Morgan fingerprint density at radius 1 is 1.23 bits per heavy atom. The monoisotopic (exact) mass is 504 g/mol.